The van der Waals surface area contributed by atoms with Crippen LogP contribution in [0, 0.1) is 0 Å². The van der Waals surface area contributed by atoms with Crippen LogP contribution in [0.15, 0.2) is 42.7 Å². The first-order valence-electron chi connectivity index (χ1n) is 8.72. The molecule has 0 bridgehead atoms. The second kappa shape index (κ2) is 6.32. The molecule has 0 saturated carbocycles. The number of carbonyl (C=O) groups excluding carboxylic acids is 1. The van der Waals surface area contributed by atoms with Gasteiger partial charge in [0.2, 0.25) is 5.91 Å². The van der Waals surface area contributed by atoms with Crippen LogP contribution in [-0.4, -0.2) is 41.7 Å². The number of anilines is 1. The van der Waals surface area contributed by atoms with Crippen molar-refractivity contribution in [2.45, 2.75) is 25.8 Å². The first-order valence-corrected chi connectivity index (χ1v) is 8.72. The zero-order valence-corrected chi connectivity index (χ0v) is 14.1. The standard InChI is InChI=1S/C19H24N4O/c1-15(24)21-10-6-17(7-11-21)23-12-5-16-3-4-18(13-19(16)23)22-9-2-8-20-14-22/h2-5,9,12-13,17,20H,6-8,10-11,14H2,1H3. The van der Waals surface area contributed by atoms with E-state index in [2.05, 4.69) is 57.5 Å². The van der Waals surface area contributed by atoms with Crippen molar-refractivity contribution in [3.63, 3.8) is 0 Å². The molecule has 2 aromatic rings. The lowest BCUT2D eigenvalue weighted by Gasteiger charge is -2.32. The molecule has 0 unspecified atom stereocenters. The number of nitrogens with zero attached hydrogens (tertiary/aromatic N) is 3. The van der Waals surface area contributed by atoms with Gasteiger partial charge in [-0.3, -0.25) is 10.1 Å². The molecule has 0 spiro atoms. The Morgan fingerprint density at radius 1 is 1.21 bits per heavy atom. The Morgan fingerprint density at radius 2 is 2.04 bits per heavy atom. The molecule has 126 valence electrons. The maximum absolute atomic E-state index is 11.5. The van der Waals surface area contributed by atoms with Crippen molar-refractivity contribution in [2.24, 2.45) is 0 Å². The second-order valence-electron chi connectivity index (χ2n) is 6.67. The zero-order chi connectivity index (χ0) is 16.5. The van der Waals surface area contributed by atoms with E-state index in [0.29, 0.717) is 6.04 Å². The van der Waals surface area contributed by atoms with Crippen molar-refractivity contribution < 1.29 is 4.79 Å². The fourth-order valence-corrected chi connectivity index (χ4v) is 3.77. The van der Waals surface area contributed by atoms with Gasteiger partial charge >= 0.3 is 0 Å². The summed E-state index contributed by atoms with van der Waals surface area (Å²) in [6.45, 7) is 5.16. The number of carbonyl (C=O) groups is 1. The Morgan fingerprint density at radius 3 is 2.75 bits per heavy atom. The number of piperidine rings is 1. The highest BCUT2D eigenvalue weighted by Gasteiger charge is 2.22. The van der Waals surface area contributed by atoms with Crippen molar-refractivity contribution in [3.8, 4) is 0 Å². The summed E-state index contributed by atoms with van der Waals surface area (Å²) >= 11 is 0. The lowest BCUT2D eigenvalue weighted by Crippen LogP contribution is -2.37. The average Bonchev–Trinajstić information content (AvgIpc) is 3.05. The molecule has 0 aliphatic carbocycles. The fourth-order valence-electron chi connectivity index (χ4n) is 3.77. The van der Waals surface area contributed by atoms with Gasteiger partial charge in [0.25, 0.3) is 0 Å². The van der Waals surface area contributed by atoms with Gasteiger partial charge in [-0.1, -0.05) is 12.1 Å². The number of amides is 1. The van der Waals surface area contributed by atoms with E-state index in [0.717, 1.165) is 39.1 Å². The molecule has 24 heavy (non-hydrogen) atoms. The molecule has 1 amide bonds. The van der Waals surface area contributed by atoms with Crippen molar-refractivity contribution in [1.29, 1.82) is 0 Å². The van der Waals surface area contributed by atoms with Gasteiger partial charge in [-0.2, -0.15) is 0 Å². The van der Waals surface area contributed by atoms with E-state index in [1.165, 1.54) is 16.6 Å². The predicted molar refractivity (Wildman–Crippen MR) is 97.0 cm³/mol. The number of benzene rings is 1. The van der Waals surface area contributed by atoms with E-state index in [1.54, 1.807) is 6.92 Å². The second-order valence-corrected chi connectivity index (χ2v) is 6.67. The summed E-state index contributed by atoms with van der Waals surface area (Å²) in [6.07, 6.45) is 8.55. The number of aromatic nitrogens is 1. The molecule has 2 aliphatic heterocycles. The van der Waals surface area contributed by atoms with Crippen LogP contribution < -0.4 is 10.2 Å². The van der Waals surface area contributed by atoms with Crippen LogP contribution in [0.3, 0.4) is 0 Å². The first-order chi connectivity index (χ1) is 11.7. The third kappa shape index (κ3) is 2.80. The Balaban J connectivity index is 1.61. The van der Waals surface area contributed by atoms with E-state index in [-0.39, 0.29) is 5.91 Å². The molecular weight excluding hydrogens is 300 g/mol. The maximum atomic E-state index is 11.5. The van der Waals surface area contributed by atoms with Crippen LogP contribution in [0.1, 0.15) is 25.8 Å². The Kier molecular flexibility index (Phi) is 4.02. The summed E-state index contributed by atoms with van der Waals surface area (Å²) in [5.41, 5.74) is 2.50. The Labute approximate surface area is 142 Å². The molecule has 1 fully saturated rings. The Bertz CT molecular complexity index is 771. The smallest absolute Gasteiger partial charge is 0.219 e. The predicted octanol–water partition coefficient (Wildman–Crippen LogP) is 2.71. The fraction of sp³-hybridized carbons (Fsp3) is 0.421. The summed E-state index contributed by atoms with van der Waals surface area (Å²) in [5, 5.41) is 4.64. The number of likely N-dealkylation sites (tertiary alicyclic amines) is 1. The number of fused-ring (bicyclic) bond motifs is 1. The SMILES string of the molecule is CC(=O)N1CCC(n2ccc3ccc(N4C=CCNC4)cc32)CC1. The van der Waals surface area contributed by atoms with E-state index in [1.807, 2.05) is 4.90 Å². The van der Waals surface area contributed by atoms with Crippen LogP contribution in [0.25, 0.3) is 10.9 Å². The summed E-state index contributed by atoms with van der Waals surface area (Å²) in [6, 6.07) is 9.34. The highest BCUT2D eigenvalue weighted by molar-refractivity contribution is 5.84. The van der Waals surface area contributed by atoms with E-state index in [9.17, 15) is 4.79 Å². The summed E-state index contributed by atoms with van der Waals surface area (Å²) in [4.78, 5) is 15.7. The maximum Gasteiger partial charge on any atom is 0.219 e. The average molecular weight is 324 g/mol. The molecule has 1 N–H and O–H groups in total. The van der Waals surface area contributed by atoms with Crippen LogP contribution >= 0.6 is 0 Å². The minimum absolute atomic E-state index is 0.192. The van der Waals surface area contributed by atoms with E-state index >= 15 is 0 Å². The molecular formula is C19H24N4O. The van der Waals surface area contributed by atoms with Crippen molar-refractivity contribution >= 4 is 22.5 Å². The molecule has 2 aliphatic rings. The van der Waals surface area contributed by atoms with Crippen LogP contribution in [0.5, 0.6) is 0 Å². The summed E-state index contributed by atoms with van der Waals surface area (Å²) in [5.74, 6) is 0.192. The Hall–Kier alpha value is -2.27. The molecule has 0 radical (unpaired) electrons. The highest BCUT2D eigenvalue weighted by Crippen LogP contribution is 2.30. The first kappa shape index (κ1) is 15.3. The molecule has 5 heteroatoms. The topological polar surface area (TPSA) is 40.5 Å². The van der Waals surface area contributed by atoms with Gasteiger partial charge in [-0.25, -0.2) is 0 Å². The molecule has 1 aromatic heterocycles. The van der Waals surface area contributed by atoms with Gasteiger partial charge in [0.15, 0.2) is 0 Å². The van der Waals surface area contributed by atoms with E-state index in [4.69, 9.17) is 0 Å². The molecule has 5 nitrogen and oxygen atoms in total. The normalized spacial score (nSPS) is 19.2. The van der Waals surface area contributed by atoms with Gasteiger partial charge in [0.05, 0.1) is 12.2 Å². The van der Waals surface area contributed by atoms with Crippen molar-refractivity contribution in [2.75, 3.05) is 31.2 Å². The molecule has 0 atom stereocenters. The van der Waals surface area contributed by atoms with Gasteiger partial charge in [0, 0.05) is 50.7 Å². The number of hydrogen-bond acceptors (Lipinski definition) is 3. The minimum atomic E-state index is 0.192. The highest BCUT2D eigenvalue weighted by atomic mass is 16.2. The minimum Gasteiger partial charge on any atom is -0.344 e. The van der Waals surface area contributed by atoms with Crippen molar-refractivity contribution in [3.05, 3.63) is 42.7 Å². The van der Waals surface area contributed by atoms with Gasteiger partial charge in [-0.15, -0.1) is 0 Å². The lowest BCUT2D eigenvalue weighted by molar-refractivity contribution is -0.130. The van der Waals surface area contributed by atoms with Gasteiger partial charge < -0.3 is 14.4 Å². The largest absolute Gasteiger partial charge is 0.344 e. The number of rotatable bonds is 2. The quantitative estimate of drug-likeness (QED) is 0.923. The number of hydrogen-bond donors (Lipinski definition) is 1. The van der Waals surface area contributed by atoms with Gasteiger partial charge in [-0.05, 0) is 36.4 Å². The number of nitrogens with one attached hydrogen (secondary N) is 1. The molecule has 1 saturated heterocycles. The van der Waals surface area contributed by atoms with Crippen molar-refractivity contribution in [1.82, 2.24) is 14.8 Å². The van der Waals surface area contributed by atoms with E-state index < -0.39 is 0 Å². The molecule has 1 aromatic carbocycles. The van der Waals surface area contributed by atoms with Gasteiger partial charge in [0.1, 0.15) is 0 Å². The monoisotopic (exact) mass is 324 g/mol. The van der Waals surface area contributed by atoms with Crippen LogP contribution in [0.4, 0.5) is 5.69 Å². The molecule has 3 heterocycles. The third-order valence-corrected chi connectivity index (χ3v) is 5.17. The third-order valence-electron chi connectivity index (χ3n) is 5.17. The summed E-state index contributed by atoms with van der Waals surface area (Å²) in [7, 11) is 0. The zero-order valence-electron chi connectivity index (χ0n) is 14.1. The van der Waals surface area contributed by atoms with Crippen LogP contribution in [-0.2, 0) is 4.79 Å². The molecule has 4 rings (SSSR count). The lowest BCUT2D eigenvalue weighted by atomic mass is 10.0. The van der Waals surface area contributed by atoms with Crippen LogP contribution in [0.2, 0.25) is 0 Å². The summed E-state index contributed by atoms with van der Waals surface area (Å²) < 4.78 is 2.40.